The van der Waals surface area contributed by atoms with Crippen LogP contribution in [-0.4, -0.2) is 37.1 Å². The van der Waals surface area contributed by atoms with Gasteiger partial charge in [0, 0.05) is 13.1 Å². The molecule has 0 radical (unpaired) electrons. The molecule has 1 N–H and O–H groups in total. The Morgan fingerprint density at radius 3 is 1.88 bits per heavy atom. The number of hydrogen-bond acceptors (Lipinski definition) is 5. The molecular weight excluding hydrogens is 466 g/mol. The van der Waals surface area contributed by atoms with Crippen molar-refractivity contribution in [2.45, 2.75) is 23.0 Å². The number of thiophene rings is 1. The van der Waals surface area contributed by atoms with E-state index in [1.165, 1.54) is 15.6 Å². The van der Waals surface area contributed by atoms with Crippen molar-refractivity contribution >= 4 is 21.4 Å². The van der Waals surface area contributed by atoms with E-state index in [0.717, 1.165) is 16.7 Å². The summed E-state index contributed by atoms with van der Waals surface area (Å²) in [4.78, 5) is 0. The van der Waals surface area contributed by atoms with Crippen molar-refractivity contribution in [2.75, 3.05) is 13.2 Å². The third-order valence-electron chi connectivity index (χ3n) is 5.37. The molecule has 34 heavy (non-hydrogen) atoms. The smallest absolute Gasteiger partial charge is 0.252 e. The molecule has 0 saturated carbocycles. The van der Waals surface area contributed by atoms with Gasteiger partial charge in [0.2, 0.25) is 0 Å². The Morgan fingerprint density at radius 1 is 0.794 bits per heavy atom. The second-order valence-electron chi connectivity index (χ2n) is 7.90. The summed E-state index contributed by atoms with van der Waals surface area (Å²) in [5.41, 5.74) is 2.78. The Kier molecular flexibility index (Phi) is 8.26. The Labute approximate surface area is 204 Å². The molecule has 5 nitrogen and oxygen atoms in total. The summed E-state index contributed by atoms with van der Waals surface area (Å²) in [5.74, 6) is 0. The number of ether oxygens (including phenoxy) is 1. The van der Waals surface area contributed by atoms with Gasteiger partial charge in [0.1, 0.15) is 10.3 Å². The monoisotopic (exact) mass is 493 g/mol. The number of benzene rings is 3. The summed E-state index contributed by atoms with van der Waals surface area (Å²) >= 11 is 1.17. The summed E-state index contributed by atoms with van der Waals surface area (Å²) in [6, 6.07) is 32.3. The van der Waals surface area contributed by atoms with Gasteiger partial charge in [-0.2, -0.15) is 4.31 Å². The summed E-state index contributed by atoms with van der Waals surface area (Å²) < 4.78 is 34.3. The normalized spacial score (nSPS) is 12.8. The zero-order valence-corrected chi connectivity index (χ0v) is 20.2. The van der Waals surface area contributed by atoms with E-state index in [2.05, 4.69) is 0 Å². The average Bonchev–Trinajstić information content (AvgIpc) is 3.42. The zero-order valence-electron chi connectivity index (χ0n) is 18.6. The van der Waals surface area contributed by atoms with Crippen molar-refractivity contribution in [2.24, 2.45) is 0 Å². The van der Waals surface area contributed by atoms with Gasteiger partial charge in [0.05, 0.1) is 12.7 Å². The van der Waals surface area contributed by atoms with Gasteiger partial charge >= 0.3 is 0 Å². The van der Waals surface area contributed by atoms with E-state index >= 15 is 0 Å². The highest BCUT2D eigenvalue weighted by molar-refractivity contribution is 7.91. The first-order valence-corrected chi connectivity index (χ1v) is 13.3. The maximum atomic E-state index is 13.3. The van der Waals surface area contributed by atoms with E-state index in [9.17, 15) is 13.5 Å². The minimum atomic E-state index is -3.76. The summed E-state index contributed by atoms with van der Waals surface area (Å²) in [6.45, 7) is 0.0735. The molecule has 0 spiro atoms. The largest absolute Gasteiger partial charge is 0.389 e. The molecule has 0 amide bonds. The molecule has 0 fully saturated rings. The maximum absolute atomic E-state index is 13.3. The van der Waals surface area contributed by atoms with Crippen LogP contribution in [0.5, 0.6) is 0 Å². The fraction of sp³-hybridized carbons (Fsp3) is 0.185. The third kappa shape index (κ3) is 6.20. The van der Waals surface area contributed by atoms with Crippen LogP contribution in [0.2, 0.25) is 0 Å². The molecule has 1 atom stereocenters. The van der Waals surface area contributed by atoms with E-state index in [-0.39, 0.29) is 30.0 Å². The second-order valence-corrected chi connectivity index (χ2v) is 11.0. The van der Waals surface area contributed by atoms with Gasteiger partial charge in [0.25, 0.3) is 10.0 Å². The molecule has 4 aromatic rings. The second kappa shape index (κ2) is 11.6. The highest BCUT2D eigenvalue weighted by Crippen LogP contribution is 2.27. The van der Waals surface area contributed by atoms with Gasteiger partial charge in [-0.1, -0.05) is 97.1 Å². The number of hydrogen-bond donors (Lipinski definition) is 1. The van der Waals surface area contributed by atoms with E-state index in [0.29, 0.717) is 0 Å². The fourth-order valence-electron chi connectivity index (χ4n) is 3.71. The van der Waals surface area contributed by atoms with Crippen molar-refractivity contribution in [1.29, 1.82) is 0 Å². The number of rotatable bonds is 11. The molecule has 3 aromatic carbocycles. The Balaban J connectivity index is 1.51. The maximum Gasteiger partial charge on any atom is 0.252 e. The van der Waals surface area contributed by atoms with Gasteiger partial charge in [-0.25, -0.2) is 8.42 Å². The SMILES string of the molecule is O=S(=O)(c1cccs1)N(Cc1ccccc1)C[C@H](O)COC(c1ccccc1)c1ccccc1. The van der Waals surface area contributed by atoms with Gasteiger partial charge in [-0.15, -0.1) is 11.3 Å². The minimum Gasteiger partial charge on any atom is -0.389 e. The van der Waals surface area contributed by atoms with Crippen LogP contribution in [0, 0.1) is 0 Å². The minimum absolute atomic E-state index is 0.0142. The molecule has 0 aliphatic rings. The van der Waals surface area contributed by atoms with Crippen molar-refractivity contribution in [3.8, 4) is 0 Å². The van der Waals surface area contributed by atoms with Crippen molar-refractivity contribution in [3.63, 3.8) is 0 Å². The summed E-state index contributed by atoms with van der Waals surface area (Å²) in [5, 5.41) is 12.6. The predicted octanol–water partition coefficient (Wildman–Crippen LogP) is 5.11. The first kappa shape index (κ1) is 24.3. The molecule has 0 bridgehead atoms. The summed E-state index contributed by atoms with van der Waals surface area (Å²) in [6.07, 6.45) is -1.37. The number of nitrogens with zero attached hydrogens (tertiary/aromatic N) is 1. The third-order valence-corrected chi connectivity index (χ3v) is 8.55. The van der Waals surface area contributed by atoms with Crippen molar-refractivity contribution < 1.29 is 18.3 Å². The molecule has 7 heteroatoms. The summed E-state index contributed by atoms with van der Waals surface area (Å²) in [7, 11) is -3.76. The van der Waals surface area contributed by atoms with Crippen LogP contribution >= 0.6 is 11.3 Å². The molecule has 0 aliphatic heterocycles. The fourth-order valence-corrected chi connectivity index (χ4v) is 6.32. The van der Waals surface area contributed by atoms with Crippen LogP contribution in [0.3, 0.4) is 0 Å². The Bertz CT molecular complexity index is 1190. The van der Waals surface area contributed by atoms with Gasteiger partial charge in [-0.05, 0) is 28.1 Å². The van der Waals surface area contributed by atoms with Crippen molar-refractivity contribution in [3.05, 3.63) is 125 Å². The first-order chi connectivity index (χ1) is 16.5. The topological polar surface area (TPSA) is 66.8 Å². The quantitative estimate of drug-likeness (QED) is 0.315. The molecule has 0 unspecified atom stereocenters. The molecule has 0 saturated heterocycles. The lowest BCUT2D eigenvalue weighted by molar-refractivity contribution is -0.000763. The van der Waals surface area contributed by atoms with Crippen LogP contribution in [0.15, 0.2) is 113 Å². The molecule has 176 valence electrons. The number of sulfonamides is 1. The molecule has 0 aliphatic carbocycles. The Hall–Kier alpha value is -2.81. The van der Waals surface area contributed by atoms with E-state index in [4.69, 9.17) is 4.74 Å². The molecule has 4 rings (SSSR count). The van der Waals surface area contributed by atoms with Crippen LogP contribution in [0.25, 0.3) is 0 Å². The molecule has 1 aromatic heterocycles. The zero-order chi connectivity index (χ0) is 23.8. The predicted molar refractivity (Wildman–Crippen MR) is 135 cm³/mol. The van der Waals surface area contributed by atoms with Gasteiger partial charge in [-0.3, -0.25) is 0 Å². The molecule has 1 heterocycles. The lowest BCUT2D eigenvalue weighted by atomic mass is 10.0. The molecular formula is C27H27NO4S2. The van der Waals surface area contributed by atoms with E-state index in [1.807, 2.05) is 91.0 Å². The van der Waals surface area contributed by atoms with Crippen LogP contribution in [-0.2, 0) is 21.3 Å². The van der Waals surface area contributed by atoms with E-state index in [1.54, 1.807) is 17.5 Å². The van der Waals surface area contributed by atoms with Gasteiger partial charge in [0.15, 0.2) is 0 Å². The van der Waals surface area contributed by atoms with E-state index < -0.39 is 16.1 Å². The number of aliphatic hydroxyl groups is 1. The van der Waals surface area contributed by atoms with Crippen LogP contribution < -0.4 is 0 Å². The average molecular weight is 494 g/mol. The van der Waals surface area contributed by atoms with Crippen molar-refractivity contribution in [1.82, 2.24) is 4.31 Å². The first-order valence-electron chi connectivity index (χ1n) is 11.0. The standard InChI is InChI=1S/C27H27NO4S2/c29-25(21-32-27(23-13-6-2-7-14-23)24-15-8-3-9-16-24)20-28(19-22-11-4-1-5-12-22)34(30,31)26-17-10-18-33-26/h1-18,25,27,29H,19-21H2/t25-/m0/s1. The highest BCUT2D eigenvalue weighted by atomic mass is 32.2. The highest BCUT2D eigenvalue weighted by Gasteiger charge is 2.28. The van der Waals surface area contributed by atoms with Gasteiger partial charge < -0.3 is 9.84 Å². The number of aliphatic hydroxyl groups excluding tert-OH is 1. The lowest BCUT2D eigenvalue weighted by Crippen LogP contribution is -2.38. The van der Waals surface area contributed by atoms with Crippen LogP contribution in [0.1, 0.15) is 22.8 Å². The van der Waals surface area contributed by atoms with Crippen LogP contribution in [0.4, 0.5) is 0 Å². The Morgan fingerprint density at radius 2 is 1.35 bits per heavy atom. The lowest BCUT2D eigenvalue weighted by Gasteiger charge is -2.26.